The SMILES string of the molecule is C=CCOc1ccc(-c2ccc(-c3ccc(C=CCCCC(C)OCCCCC)c(F)c3F)cc2)nc1. The van der Waals surface area contributed by atoms with Crippen LogP contribution < -0.4 is 4.74 Å². The lowest BCUT2D eigenvalue weighted by molar-refractivity contribution is 0.0566. The molecule has 5 heteroatoms. The fourth-order valence-corrected chi connectivity index (χ4v) is 3.98. The first-order valence-electron chi connectivity index (χ1n) is 13.1. The zero-order valence-electron chi connectivity index (χ0n) is 21.9. The highest BCUT2D eigenvalue weighted by atomic mass is 19.2. The maximum Gasteiger partial charge on any atom is 0.167 e. The molecule has 1 unspecified atom stereocenters. The number of allylic oxidation sites excluding steroid dienone is 1. The summed E-state index contributed by atoms with van der Waals surface area (Å²) in [5.74, 6) is -1.01. The Morgan fingerprint density at radius 3 is 2.43 bits per heavy atom. The molecule has 37 heavy (non-hydrogen) atoms. The molecular weight excluding hydrogens is 468 g/mol. The predicted molar refractivity (Wildman–Crippen MR) is 149 cm³/mol. The van der Waals surface area contributed by atoms with Crippen molar-refractivity contribution in [3.63, 3.8) is 0 Å². The summed E-state index contributed by atoms with van der Waals surface area (Å²) in [7, 11) is 0. The first-order valence-corrected chi connectivity index (χ1v) is 13.1. The largest absolute Gasteiger partial charge is 0.488 e. The molecule has 1 heterocycles. The third-order valence-electron chi connectivity index (χ3n) is 6.14. The van der Waals surface area contributed by atoms with Crippen molar-refractivity contribution in [3.8, 4) is 28.1 Å². The number of unbranched alkanes of at least 4 members (excludes halogenated alkanes) is 3. The summed E-state index contributed by atoms with van der Waals surface area (Å²) in [5, 5.41) is 0. The summed E-state index contributed by atoms with van der Waals surface area (Å²) in [4.78, 5) is 4.41. The van der Waals surface area contributed by atoms with Gasteiger partial charge in [0.1, 0.15) is 12.4 Å². The van der Waals surface area contributed by atoms with Crippen molar-refractivity contribution in [2.45, 2.75) is 58.5 Å². The van der Waals surface area contributed by atoms with Crippen molar-refractivity contribution in [3.05, 3.63) is 90.7 Å². The Morgan fingerprint density at radius 1 is 0.946 bits per heavy atom. The molecule has 0 bridgehead atoms. The fourth-order valence-electron chi connectivity index (χ4n) is 3.98. The Balaban J connectivity index is 1.56. The molecule has 0 aliphatic heterocycles. The Morgan fingerprint density at radius 2 is 1.73 bits per heavy atom. The zero-order chi connectivity index (χ0) is 26.5. The first kappa shape index (κ1) is 28.3. The molecule has 0 spiro atoms. The number of ether oxygens (including phenoxy) is 2. The molecule has 3 rings (SSSR count). The molecule has 0 N–H and O–H groups in total. The Kier molecular flexibility index (Phi) is 11.5. The third-order valence-corrected chi connectivity index (χ3v) is 6.14. The number of hydrogen-bond acceptors (Lipinski definition) is 3. The summed E-state index contributed by atoms with van der Waals surface area (Å²) in [5.41, 5.74) is 2.73. The van der Waals surface area contributed by atoms with Gasteiger partial charge in [-0.15, -0.1) is 0 Å². The van der Waals surface area contributed by atoms with Crippen LogP contribution in [-0.4, -0.2) is 24.3 Å². The lowest BCUT2D eigenvalue weighted by atomic mass is 10.00. The van der Waals surface area contributed by atoms with E-state index < -0.39 is 11.6 Å². The van der Waals surface area contributed by atoms with Crippen LogP contribution in [0.5, 0.6) is 5.75 Å². The van der Waals surface area contributed by atoms with Gasteiger partial charge in [-0.3, -0.25) is 4.98 Å². The Bertz CT molecular complexity index is 1140. The number of nitrogens with zero attached hydrogens (tertiary/aromatic N) is 1. The minimum Gasteiger partial charge on any atom is -0.488 e. The molecule has 0 fully saturated rings. The highest BCUT2D eigenvalue weighted by Crippen LogP contribution is 2.29. The topological polar surface area (TPSA) is 31.4 Å². The molecule has 1 atom stereocenters. The number of benzene rings is 2. The van der Waals surface area contributed by atoms with Crippen LogP contribution in [0.15, 0.2) is 73.5 Å². The van der Waals surface area contributed by atoms with Gasteiger partial charge in [-0.05, 0) is 50.3 Å². The van der Waals surface area contributed by atoms with Gasteiger partial charge in [-0.25, -0.2) is 8.78 Å². The van der Waals surface area contributed by atoms with E-state index in [4.69, 9.17) is 9.47 Å². The molecule has 0 radical (unpaired) electrons. The van der Waals surface area contributed by atoms with Crippen LogP contribution in [-0.2, 0) is 4.74 Å². The molecule has 2 aromatic carbocycles. The van der Waals surface area contributed by atoms with Crippen LogP contribution in [0.1, 0.15) is 57.9 Å². The summed E-state index contributed by atoms with van der Waals surface area (Å²) in [6, 6.07) is 14.2. The minimum atomic E-state index is -0.842. The highest BCUT2D eigenvalue weighted by Gasteiger charge is 2.14. The van der Waals surface area contributed by atoms with Gasteiger partial charge in [0.05, 0.1) is 18.0 Å². The summed E-state index contributed by atoms with van der Waals surface area (Å²) < 4.78 is 41.0. The summed E-state index contributed by atoms with van der Waals surface area (Å²) in [6.07, 6.45) is 13.3. The van der Waals surface area contributed by atoms with Crippen molar-refractivity contribution < 1.29 is 18.3 Å². The van der Waals surface area contributed by atoms with Gasteiger partial charge in [-0.1, -0.05) is 81.0 Å². The van der Waals surface area contributed by atoms with Crippen LogP contribution in [0.25, 0.3) is 28.5 Å². The molecule has 196 valence electrons. The van der Waals surface area contributed by atoms with E-state index in [1.165, 1.54) is 12.8 Å². The van der Waals surface area contributed by atoms with E-state index in [0.29, 0.717) is 17.9 Å². The molecule has 3 nitrogen and oxygen atoms in total. The van der Waals surface area contributed by atoms with Crippen molar-refractivity contribution in [2.75, 3.05) is 13.2 Å². The highest BCUT2D eigenvalue weighted by molar-refractivity contribution is 5.70. The molecule has 0 amide bonds. The van der Waals surface area contributed by atoms with E-state index in [-0.39, 0.29) is 17.2 Å². The summed E-state index contributed by atoms with van der Waals surface area (Å²) >= 11 is 0. The van der Waals surface area contributed by atoms with E-state index in [2.05, 4.69) is 25.4 Å². The standard InChI is InChI=1S/C32H37F2NO2/c1-4-6-10-22-36-24(3)11-8-7-9-12-27-17-19-29(32(34)31(27)33)25-13-15-26(16-14-25)30-20-18-28(23-35-30)37-21-5-2/h5,9,12-20,23-24H,2,4,6-8,10-11,21-22H2,1,3H3. The molecule has 3 aromatic rings. The maximum absolute atomic E-state index is 14.9. The normalized spacial score (nSPS) is 12.1. The second kappa shape index (κ2) is 15.1. The van der Waals surface area contributed by atoms with Gasteiger partial charge in [0.25, 0.3) is 0 Å². The van der Waals surface area contributed by atoms with Crippen molar-refractivity contribution in [1.29, 1.82) is 0 Å². The lowest BCUT2D eigenvalue weighted by Crippen LogP contribution is -2.08. The lowest BCUT2D eigenvalue weighted by Gasteiger charge is -2.12. The number of pyridine rings is 1. The molecular formula is C32H37F2NO2. The van der Waals surface area contributed by atoms with Crippen LogP contribution in [0.4, 0.5) is 8.78 Å². The van der Waals surface area contributed by atoms with Crippen LogP contribution in [0, 0.1) is 11.6 Å². The average Bonchev–Trinajstić information content (AvgIpc) is 2.92. The number of aromatic nitrogens is 1. The van der Waals surface area contributed by atoms with Crippen LogP contribution >= 0.6 is 0 Å². The second-order valence-electron chi connectivity index (χ2n) is 9.11. The molecule has 0 saturated carbocycles. The smallest absolute Gasteiger partial charge is 0.167 e. The van der Waals surface area contributed by atoms with E-state index >= 15 is 0 Å². The van der Waals surface area contributed by atoms with Crippen LogP contribution in [0.3, 0.4) is 0 Å². The van der Waals surface area contributed by atoms with Gasteiger partial charge >= 0.3 is 0 Å². The average molecular weight is 506 g/mol. The van der Waals surface area contributed by atoms with Crippen molar-refractivity contribution in [2.24, 2.45) is 0 Å². The van der Waals surface area contributed by atoms with Crippen LogP contribution in [0.2, 0.25) is 0 Å². The number of hydrogen-bond donors (Lipinski definition) is 0. The van der Waals surface area contributed by atoms with Gasteiger partial charge in [0, 0.05) is 23.3 Å². The monoisotopic (exact) mass is 505 g/mol. The Hall–Kier alpha value is -3.31. The Labute approximate surface area is 219 Å². The quantitative estimate of drug-likeness (QED) is 0.152. The van der Waals surface area contributed by atoms with E-state index in [1.807, 2.05) is 30.3 Å². The summed E-state index contributed by atoms with van der Waals surface area (Å²) in [6.45, 7) is 9.11. The molecule has 0 aliphatic carbocycles. The second-order valence-corrected chi connectivity index (χ2v) is 9.11. The zero-order valence-corrected chi connectivity index (χ0v) is 21.9. The minimum absolute atomic E-state index is 0.219. The maximum atomic E-state index is 14.9. The molecule has 1 aromatic heterocycles. The fraction of sp³-hybridized carbons (Fsp3) is 0.344. The van der Waals surface area contributed by atoms with E-state index in [9.17, 15) is 8.78 Å². The first-order chi connectivity index (χ1) is 18.0. The van der Waals surface area contributed by atoms with Gasteiger partial charge in [-0.2, -0.15) is 0 Å². The van der Waals surface area contributed by atoms with Crippen molar-refractivity contribution >= 4 is 6.08 Å². The third kappa shape index (κ3) is 8.64. The van der Waals surface area contributed by atoms with E-state index in [1.54, 1.807) is 42.6 Å². The predicted octanol–water partition coefficient (Wildman–Crippen LogP) is 9.04. The van der Waals surface area contributed by atoms with Crippen molar-refractivity contribution in [1.82, 2.24) is 4.98 Å². The number of halogens is 2. The molecule has 0 aliphatic rings. The van der Waals surface area contributed by atoms with E-state index in [0.717, 1.165) is 43.5 Å². The number of rotatable bonds is 15. The molecule has 0 saturated heterocycles. The van der Waals surface area contributed by atoms with Gasteiger partial charge in [0.2, 0.25) is 0 Å². The van der Waals surface area contributed by atoms with Gasteiger partial charge in [0.15, 0.2) is 11.6 Å². The van der Waals surface area contributed by atoms with Gasteiger partial charge < -0.3 is 9.47 Å².